The normalized spacial score (nSPS) is 16.3. The summed E-state index contributed by atoms with van der Waals surface area (Å²) in [6.07, 6.45) is 2.02. The number of aliphatic carboxylic acids is 1. The summed E-state index contributed by atoms with van der Waals surface area (Å²) in [6.45, 7) is 2.60. The van der Waals surface area contributed by atoms with Gasteiger partial charge in [0.1, 0.15) is 11.5 Å². The molecule has 0 spiro atoms. The maximum atomic E-state index is 12.7. The molecule has 1 fully saturated rings. The highest BCUT2D eigenvalue weighted by atomic mass is 16.4. The molecule has 1 atom stereocenters. The van der Waals surface area contributed by atoms with E-state index in [1.807, 2.05) is 31.2 Å². The number of carbonyl (C=O) groups is 2. The third-order valence-corrected chi connectivity index (χ3v) is 4.82. The Hall–Kier alpha value is -3.55. The Balaban J connectivity index is 1.62. The number of carboxylic acid groups (broad SMARTS) is 1. The van der Waals surface area contributed by atoms with Gasteiger partial charge < -0.3 is 14.4 Å². The fourth-order valence-electron chi connectivity index (χ4n) is 3.23. The molecule has 0 aliphatic carbocycles. The van der Waals surface area contributed by atoms with Crippen molar-refractivity contribution in [1.29, 1.82) is 0 Å². The highest BCUT2D eigenvalue weighted by molar-refractivity contribution is 5.90. The van der Waals surface area contributed by atoms with Crippen LogP contribution in [0.3, 0.4) is 0 Å². The summed E-state index contributed by atoms with van der Waals surface area (Å²) in [4.78, 5) is 25.3. The minimum Gasteiger partial charge on any atom is -0.481 e. The van der Waals surface area contributed by atoms with Crippen LogP contribution in [-0.4, -0.2) is 44.9 Å². The Labute approximate surface area is 161 Å². The zero-order chi connectivity index (χ0) is 19.7. The molecule has 144 valence electrons. The lowest BCUT2D eigenvalue weighted by molar-refractivity contribution is -0.141. The van der Waals surface area contributed by atoms with Crippen molar-refractivity contribution in [3.63, 3.8) is 0 Å². The summed E-state index contributed by atoms with van der Waals surface area (Å²) < 4.78 is 7.06. The molecule has 2 aromatic heterocycles. The van der Waals surface area contributed by atoms with Crippen LogP contribution in [0.1, 0.15) is 12.0 Å². The van der Waals surface area contributed by atoms with Gasteiger partial charge in [0, 0.05) is 19.2 Å². The van der Waals surface area contributed by atoms with E-state index in [1.54, 1.807) is 29.1 Å². The molecule has 0 saturated carbocycles. The molecule has 1 aromatic carbocycles. The number of furan rings is 1. The Kier molecular flexibility index (Phi) is 4.60. The van der Waals surface area contributed by atoms with Gasteiger partial charge in [-0.2, -0.15) is 5.10 Å². The van der Waals surface area contributed by atoms with Gasteiger partial charge in [-0.05, 0) is 37.6 Å². The minimum absolute atomic E-state index is 0.199. The smallest absolute Gasteiger partial charge is 0.323 e. The number of hydrogen-bond acceptors (Lipinski definition) is 4. The van der Waals surface area contributed by atoms with Crippen LogP contribution in [0.15, 0.2) is 53.1 Å². The first-order chi connectivity index (χ1) is 13.5. The van der Waals surface area contributed by atoms with Gasteiger partial charge in [0.05, 0.1) is 17.9 Å². The summed E-state index contributed by atoms with van der Waals surface area (Å²) in [5.74, 6) is -0.320. The molecular formula is C20H20N4O4. The van der Waals surface area contributed by atoms with Gasteiger partial charge in [0.15, 0.2) is 5.76 Å². The lowest BCUT2D eigenvalue weighted by Crippen LogP contribution is -2.34. The quantitative estimate of drug-likeness (QED) is 0.723. The van der Waals surface area contributed by atoms with Gasteiger partial charge in [0.2, 0.25) is 0 Å². The third-order valence-electron chi connectivity index (χ3n) is 4.82. The SMILES string of the molecule is Cc1ccc(-n2nc(-c3ccco3)cc2NC(=O)N2CCC(C(=O)O)C2)cc1. The average Bonchev–Trinajstić information content (AvgIpc) is 3.42. The standard InChI is InChI=1S/C20H20N4O4/c1-13-4-6-15(7-5-13)24-18(11-16(22-24)17-3-2-10-28-17)21-20(27)23-9-8-14(12-23)19(25)26/h2-7,10-11,14H,8-9,12H2,1H3,(H,21,27)(H,25,26). The number of carbonyl (C=O) groups excluding carboxylic acids is 1. The monoisotopic (exact) mass is 380 g/mol. The van der Waals surface area contributed by atoms with Gasteiger partial charge in [-0.3, -0.25) is 10.1 Å². The molecule has 1 saturated heterocycles. The van der Waals surface area contributed by atoms with Crippen molar-refractivity contribution in [2.45, 2.75) is 13.3 Å². The number of benzene rings is 1. The Morgan fingerprint density at radius 3 is 2.68 bits per heavy atom. The van der Waals surface area contributed by atoms with E-state index in [0.29, 0.717) is 30.2 Å². The number of aromatic nitrogens is 2. The van der Waals surface area contributed by atoms with Crippen LogP contribution in [0.4, 0.5) is 10.6 Å². The van der Waals surface area contributed by atoms with E-state index in [9.17, 15) is 9.59 Å². The molecule has 0 bridgehead atoms. The number of anilines is 1. The first kappa shape index (κ1) is 17.8. The van der Waals surface area contributed by atoms with Crippen molar-refractivity contribution >= 4 is 17.8 Å². The van der Waals surface area contributed by atoms with Gasteiger partial charge in [-0.15, -0.1) is 0 Å². The molecule has 2 amide bonds. The lowest BCUT2D eigenvalue weighted by Gasteiger charge is -2.17. The second-order valence-corrected chi connectivity index (χ2v) is 6.84. The summed E-state index contributed by atoms with van der Waals surface area (Å²) in [5.41, 5.74) is 2.50. The molecule has 3 aromatic rings. The van der Waals surface area contributed by atoms with E-state index < -0.39 is 11.9 Å². The lowest BCUT2D eigenvalue weighted by atomic mass is 10.1. The zero-order valence-corrected chi connectivity index (χ0v) is 15.3. The molecule has 2 N–H and O–H groups in total. The van der Waals surface area contributed by atoms with Crippen LogP contribution in [0.2, 0.25) is 0 Å². The highest BCUT2D eigenvalue weighted by Gasteiger charge is 2.31. The number of likely N-dealkylation sites (tertiary alicyclic amines) is 1. The maximum absolute atomic E-state index is 12.7. The largest absolute Gasteiger partial charge is 0.481 e. The molecule has 8 nitrogen and oxygen atoms in total. The maximum Gasteiger partial charge on any atom is 0.323 e. The second kappa shape index (κ2) is 7.22. The van der Waals surface area contributed by atoms with Gasteiger partial charge in [0.25, 0.3) is 0 Å². The van der Waals surface area contributed by atoms with Crippen LogP contribution in [0, 0.1) is 12.8 Å². The summed E-state index contributed by atoms with van der Waals surface area (Å²) in [5, 5.41) is 16.6. The van der Waals surface area contributed by atoms with Gasteiger partial charge in [-0.1, -0.05) is 17.7 Å². The minimum atomic E-state index is -0.875. The number of nitrogens with one attached hydrogen (secondary N) is 1. The van der Waals surface area contributed by atoms with Gasteiger partial charge in [-0.25, -0.2) is 9.48 Å². The van der Waals surface area contributed by atoms with E-state index in [-0.39, 0.29) is 12.6 Å². The summed E-state index contributed by atoms with van der Waals surface area (Å²) in [7, 11) is 0. The summed E-state index contributed by atoms with van der Waals surface area (Å²) >= 11 is 0. The molecule has 3 heterocycles. The molecule has 1 aliphatic heterocycles. The molecular weight excluding hydrogens is 360 g/mol. The summed E-state index contributed by atoms with van der Waals surface area (Å²) in [6, 6.07) is 12.7. The van der Waals surface area contributed by atoms with Crippen LogP contribution >= 0.6 is 0 Å². The van der Waals surface area contributed by atoms with Crippen molar-refractivity contribution in [3.05, 3.63) is 54.3 Å². The van der Waals surface area contributed by atoms with Crippen molar-refractivity contribution in [2.75, 3.05) is 18.4 Å². The highest BCUT2D eigenvalue weighted by Crippen LogP contribution is 2.26. The number of carboxylic acids is 1. The average molecular weight is 380 g/mol. The first-order valence-electron chi connectivity index (χ1n) is 9.01. The first-order valence-corrected chi connectivity index (χ1v) is 9.01. The number of urea groups is 1. The van der Waals surface area contributed by atoms with Gasteiger partial charge >= 0.3 is 12.0 Å². The molecule has 0 radical (unpaired) electrons. The van der Waals surface area contributed by atoms with Crippen molar-refractivity contribution in [2.24, 2.45) is 5.92 Å². The molecule has 1 unspecified atom stereocenters. The zero-order valence-electron chi connectivity index (χ0n) is 15.3. The number of hydrogen-bond donors (Lipinski definition) is 2. The van der Waals surface area contributed by atoms with Crippen LogP contribution < -0.4 is 5.32 Å². The van der Waals surface area contributed by atoms with Crippen molar-refractivity contribution < 1.29 is 19.1 Å². The van der Waals surface area contributed by atoms with Crippen LogP contribution in [0.25, 0.3) is 17.1 Å². The second-order valence-electron chi connectivity index (χ2n) is 6.84. The topological polar surface area (TPSA) is 101 Å². The molecule has 4 rings (SSSR count). The van der Waals surface area contributed by atoms with Crippen LogP contribution in [0.5, 0.6) is 0 Å². The van der Waals surface area contributed by atoms with E-state index >= 15 is 0 Å². The number of nitrogens with zero attached hydrogens (tertiary/aromatic N) is 3. The number of aryl methyl sites for hydroxylation is 1. The number of rotatable bonds is 4. The van der Waals surface area contributed by atoms with Crippen molar-refractivity contribution in [3.8, 4) is 17.1 Å². The molecule has 8 heteroatoms. The van der Waals surface area contributed by atoms with E-state index in [4.69, 9.17) is 9.52 Å². The number of amides is 2. The fraction of sp³-hybridized carbons (Fsp3) is 0.250. The molecule has 1 aliphatic rings. The van der Waals surface area contributed by atoms with E-state index in [0.717, 1.165) is 11.3 Å². The Bertz CT molecular complexity index is 992. The van der Waals surface area contributed by atoms with E-state index in [1.165, 1.54) is 4.90 Å². The molecule has 28 heavy (non-hydrogen) atoms. The fourth-order valence-corrected chi connectivity index (χ4v) is 3.23. The predicted molar refractivity (Wildman–Crippen MR) is 102 cm³/mol. The van der Waals surface area contributed by atoms with Crippen molar-refractivity contribution in [1.82, 2.24) is 14.7 Å². The Morgan fingerprint density at radius 1 is 1.25 bits per heavy atom. The van der Waals surface area contributed by atoms with E-state index in [2.05, 4.69) is 10.4 Å². The third kappa shape index (κ3) is 3.48. The van der Waals surface area contributed by atoms with Crippen LogP contribution in [-0.2, 0) is 4.79 Å². The predicted octanol–water partition coefficient (Wildman–Crippen LogP) is 3.38. The Morgan fingerprint density at radius 2 is 2.04 bits per heavy atom.